The smallest absolute Gasteiger partial charge is 0.0616 e. The minimum absolute atomic E-state index is 0.00201. The lowest BCUT2D eigenvalue weighted by Crippen LogP contribution is -2.51. The zero-order valence-electron chi connectivity index (χ0n) is 13.4. The Labute approximate surface area is 133 Å². The second-order valence-electron chi connectivity index (χ2n) is 6.20. The van der Waals surface area contributed by atoms with Gasteiger partial charge in [0, 0.05) is 11.3 Å². The Morgan fingerprint density at radius 3 is 2.90 bits per heavy atom. The fourth-order valence-corrected chi connectivity index (χ4v) is 4.73. The summed E-state index contributed by atoms with van der Waals surface area (Å²) in [5.41, 5.74) is 2.84. The number of nitrogens with one attached hydrogen (secondary N) is 1. The van der Waals surface area contributed by atoms with Gasteiger partial charge in [-0.3, -0.25) is 0 Å². The Hall–Kier alpha value is -0.510. The maximum absolute atomic E-state index is 9.82. The van der Waals surface area contributed by atoms with Crippen molar-refractivity contribution in [3.8, 4) is 0 Å². The molecule has 2 nitrogen and oxygen atoms in total. The molecule has 1 aliphatic rings. The molecule has 21 heavy (non-hydrogen) atoms. The summed E-state index contributed by atoms with van der Waals surface area (Å²) in [5, 5.41) is 13.4. The average molecular weight is 308 g/mol. The Balaban J connectivity index is 1.79. The quantitative estimate of drug-likeness (QED) is 0.717. The zero-order chi connectivity index (χ0) is 15.1. The molecule has 2 N–H and O–H groups in total. The summed E-state index contributed by atoms with van der Waals surface area (Å²) < 4.78 is 0. The van der Waals surface area contributed by atoms with Crippen molar-refractivity contribution in [3.63, 3.8) is 0 Å². The Morgan fingerprint density at radius 1 is 1.38 bits per heavy atom. The van der Waals surface area contributed by atoms with Crippen LogP contribution in [0.25, 0.3) is 0 Å². The predicted molar refractivity (Wildman–Crippen MR) is 92.8 cm³/mol. The number of aliphatic hydroxyl groups is 1. The second kappa shape index (κ2) is 8.21. The van der Waals surface area contributed by atoms with Crippen molar-refractivity contribution in [3.05, 3.63) is 35.4 Å². The molecule has 1 fully saturated rings. The first kappa shape index (κ1) is 16.9. The molecule has 0 aromatic heterocycles. The molecule has 0 heterocycles. The van der Waals surface area contributed by atoms with Gasteiger partial charge in [-0.2, -0.15) is 11.8 Å². The first-order chi connectivity index (χ1) is 10.2. The lowest BCUT2D eigenvalue weighted by atomic mass is 9.86. The molecule has 118 valence electrons. The van der Waals surface area contributed by atoms with Crippen LogP contribution in [0.4, 0.5) is 0 Å². The minimum Gasteiger partial charge on any atom is -0.394 e. The molecule has 2 atom stereocenters. The van der Waals surface area contributed by atoms with E-state index in [0.717, 1.165) is 18.7 Å². The Bertz CT molecular complexity index is 437. The number of hydrogen-bond donors (Lipinski definition) is 2. The highest BCUT2D eigenvalue weighted by Gasteiger charge is 2.40. The lowest BCUT2D eigenvalue weighted by molar-refractivity contribution is 0.124. The first-order valence-electron chi connectivity index (χ1n) is 8.20. The molecule has 0 amide bonds. The predicted octanol–water partition coefficient (Wildman–Crippen LogP) is 3.76. The van der Waals surface area contributed by atoms with E-state index in [4.69, 9.17) is 0 Å². The van der Waals surface area contributed by atoms with Crippen LogP contribution in [0.2, 0.25) is 0 Å². The van der Waals surface area contributed by atoms with E-state index in [1.54, 1.807) is 0 Å². The lowest BCUT2D eigenvalue weighted by Gasteiger charge is -2.35. The molecular formula is C18H29NOS. The number of thioether (sulfide) groups is 1. The van der Waals surface area contributed by atoms with Crippen molar-refractivity contribution in [1.82, 2.24) is 5.32 Å². The van der Waals surface area contributed by atoms with Gasteiger partial charge in [-0.15, -0.1) is 0 Å². The van der Waals surface area contributed by atoms with Crippen LogP contribution < -0.4 is 5.32 Å². The van der Waals surface area contributed by atoms with Crippen LogP contribution in [-0.2, 0) is 5.75 Å². The summed E-state index contributed by atoms with van der Waals surface area (Å²) in [7, 11) is 0. The molecule has 0 saturated heterocycles. The van der Waals surface area contributed by atoms with Gasteiger partial charge < -0.3 is 10.4 Å². The number of aryl methyl sites for hydroxylation is 1. The molecule has 0 bridgehead atoms. The summed E-state index contributed by atoms with van der Waals surface area (Å²) in [6, 6.07) is 8.65. The van der Waals surface area contributed by atoms with Gasteiger partial charge in [0.05, 0.1) is 6.61 Å². The molecule has 2 rings (SSSR count). The number of hydrogen-bond acceptors (Lipinski definition) is 3. The molecule has 1 saturated carbocycles. The topological polar surface area (TPSA) is 32.3 Å². The van der Waals surface area contributed by atoms with E-state index >= 15 is 0 Å². The number of likely N-dealkylation sites (N-methyl/N-ethyl adjacent to an activating group) is 1. The summed E-state index contributed by atoms with van der Waals surface area (Å²) in [4.78, 5) is 0. The fourth-order valence-electron chi connectivity index (χ4n) is 3.59. The third kappa shape index (κ3) is 4.24. The van der Waals surface area contributed by atoms with Crippen LogP contribution in [0.1, 0.15) is 43.7 Å². The van der Waals surface area contributed by atoms with Crippen LogP contribution in [0.15, 0.2) is 24.3 Å². The van der Waals surface area contributed by atoms with Gasteiger partial charge in [-0.05, 0) is 55.5 Å². The van der Waals surface area contributed by atoms with Gasteiger partial charge in [0.1, 0.15) is 0 Å². The molecule has 0 aliphatic heterocycles. The molecular weight excluding hydrogens is 278 g/mol. The van der Waals surface area contributed by atoms with Crippen molar-refractivity contribution >= 4 is 11.8 Å². The summed E-state index contributed by atoms with van der Waals surface area (Å²) >= 11 is 2.03. The van der Waals surface area contributed by atoms with E-state index in [-0.39, 0.29) is 12.1 Å². The van der Waals surface area contributed by atoms with E-state index in [0.29, 0.717) is 5.92 Å². The highest BCUT2D eigenvalue weighted by Crippen LogP contribution is 2.38. The van der Waals surface area contributed by atoms with E-state index in [2.05, 4.69) is 43.4 Å². The molecule has 0 radical (unpaired) electrons. The van der Waals surface area contributed by atoms with Crippen LogP contribution >= 0.6 is 11.8 Å². The van der Waals surface area contributed by atoms with Crippen LogP contribution in [0, 0.1) is 12.8 Å². The van der Waals surface area contributed by atoms with Crippen molar-refractivity contribution < 1.29 is 5.11 Å². The van der Waals surface area contributed by atoms with Gasteiger partial charge in [-0.1, -0.05) is 37.6 Å². The van der Waals surface area contributed by atoms with Crippen molar-refractivity contribution in [1.29, 1.82) is 0 Å². The molecule has 1 aromatic carbocycles. The second-order valence-corrected chi connectivity index (χ2v) is 7.31. The highest BCUT2D eigenvalue weighted by molar-refractivity contribution is 7.98. The normalized spacial score (nSPS) is 25.4. The maximum Gasteiger partial charge on any atom is 0.0616 e. The van der Waals surface area contributed by atoms with Gasteiger partial charge in [-0.25, -0.2) is 0 Å². The van der Waals surface area contributed by atoms with Gasteiger partial charge in [0.2, 0.25) is 0 Å². The fraction of sp³-hybridized carbons (Fsp3) is 0.667. The summed E-state index contributed by atoms with van der Waals surface area (Å²) in [6.45, 7) is 5.57. The van der Waals surface area contributed by atoms with Gasteiger partial charge in [0.15, 0.2) is 0 Å². The maximum atomic E-state index is 9.82. The first-order valence-corrected chi connectivity index (χ1v) is 9.35. The molecule has 1 aromatic rings. The molecule has 3 heteroatoms. The summed E-state index contributed by atoms with van der Waals surface area (Å²) in [6.07, 6.45) is 4.85. The molecule has 2 unspecified atom stereocenters. The third-order valence-electron chi connectivity index (χ3n) is 4.90. The van der Waals surface area contributed by atoms with Gasteiger partial charge in [0.25, 0.3) is 0 Å². The molecule has 0 spiro atoms. The number of aliphatic hydroxyl groups excluding tert-OH is 1. The van der Waals surface area contributed by atoms with Crippen molar-refractivity contribution in [2.24, 2.45) is 5.92 Å². The largest absolute Gasteiger partial charge is 0.394 e. The number of rotatable bonds is 8. The monoisotopic (exact) mass is 307 g/mol. The third-order valence-corrected chi connectivity index (χ3v) is 5.94. The average Bonchev–Trinajstić information content (AvgIpc) is 2.89. The van der Waals surface area contributed by atoms with E-state index < -0.39 is 0 Å². The van der Waals surface area contributed by atoms with Crippen LogP contribution in [0.3, 0.4) is 0 Å². The van der Waals surface area contributed by atoms with Crippen molar-refractivity contribution in [2.75, 3.05) is 18.9 Å². The Morgan fingerprint density at radius 2 is 2.19 bits per heavy atom. The summed E-state index contributed by atoms with van der Waals surface area (Å²) in [5.74, 6) is 2.92. The van der Waals surface area contributed by atoms with Crippen LogP contribution in [0.5, 0.6) is 0 Å². The minimum atomic E-state index is -0.00201. The zero-order valence-corrected chi connectivity index (χ0v) is 14.2. The van der Waals surface area contributed by atoms with E-state index in [1.165, 1.54) is 36.1 Å². The van der Waals surface area contributed by atoms with Crippen molar-refractivity contribution in [2.45, 2.75) is 50.8 Å². The Kier molecular flexibility index (Phi) is 6.59. The number of benzene rings is 1. The van der Waals surface area contributed by atoms with Gasteiger partial charge >= 0.3 is 0 Å². The van der Waals surface area contributed by atoms with E-state index in [1.807, 2.05) is 11.8 Å². The SMILES string of the molecule is CCNC1(CO)CCCC1CCSCc1ccccc1C. The standard InChI is InChI=1S/C18H29NOS/c1-3-19-18(14-20)11-6-9-17(18)10-12-21-13-16-8-5-4-7-15(16)2/h4-5,7-8,17,19-20H,3,6,9-14H2,1-2H3. The highest BCUT2D eigenvalue weighted by atomic mass is 32.2. The molecule has 1 aliphatic carbocycles. The van der Waals surface area contributed by atoms with Crippen LogP contribution in [-0.4, -0.2) is 29.5 Å². The van der Waals surface area contributed by atoms with E-state index in [9.17, 15) is 5.11 Å².